The molecule has 0 bridgehead atoms. The van der Waals surface area contributed by atoms with Crippen molar-refractivity contribution in [2.24, 2.45) is 0 Å². The van der Waals surface area contributed by atoms with Crippen LogP contribution in [-0.2, 0) is 5.54 Å². The second-order valence-electron chi connectivity index (χ2n) is 5.33. The van der Waals surface area contributed by atoms with Gasteiger partial charge in [-0.3, -0.25) is 4.79 Å². The van der Waals surface area contributed by atoms with Crippen LogP contribution in [-0.4, -0.2) is 15.6 Å². The maximum atomic E-state index is 13.7. The molecule has 0 atom stereocenters. The Balaban J connectivity index is 2.48. The number of hydrogen-bond donors (Lipinski definition) is 1. The van der Waals surface area contributed by atoms with Gasteiger partial charge in [-0.2, -0.15) is 0 Å². The van der Waals surface area contributed by atoms with Crippen molar-refractivity contribution in [3.8, 4) is 0 Å². The molecule has 1 N–H and O–H groups in total. The minimum absolute atomic E-state index is 0.129. The molecular weight excluding hydrogens is 285 g/mol. The van der Waals surface area contributed by atoms with E-state index in [0.29, 0.717) is 5.52 Å². The van der Waals surface area contributed by atoms with Gasteiger partial charge in [0.1, 0.15) is 11.4 Å². The average Bonchev–Trinajstić information content (AvgIpc) is 3.11. The molecule has 0 spiro atoms. The summed E-state index contributed by atoms with van der Waals surface area (Å²) in [6.07, 6.45) is 3.01. The van der Waals surface area contributed by atoms with Crippen LogP contribution in [0, 0.1) is 5.82 Å². The first-order chi connectivity index (χ1) is 9.33. The number of pyridine rings is 1. The van der Waals surface area contributed by atoms with Crippen molar-refractivity contribution in [3.63, 3.8) is 0 Å². The highest BCUT2D eigenvalue weighted by Gasteiger charge is 2.40. The molecule has 104 valence electrons. The fraction of sp³-hybridized carbons (Fsp3) is 0.286. The number of carboxylic acids is 1. The number of halogens is 2. The molecule has 1 saturated carbocycles. The molecule has 1 fully saturated rings. The number of fused-ring (bicyclic) bond motifs is 1. The van der Waals surface area contributed by atoms with Crippen LogP contribution in [0.15, 0.2) is 23.1 Å². The van der Waals surface area contributed by atoms with Crippen LogP contribution in [0.4, 0.5) is 4.39 Å². The number of carboxylic acid groups (broad SMARTS) is 1. The first-order valence-corrected chi connectivity index (χ1v) is 6.49. The third kappa shape index (κ3) is 1.81. The van der Waals surface area contributed by atoms with Crippen LogP contribution >= 0.6 is 11.6 Å². The summed E-state index contributed by atoms with van der Waals surface area (Å²) in [5, 5.41) is 9.08. The Morgan fingerprint density at radius 3 is 2.65 bits per heavy atom. The molecule has 3 rings (SSSR count). The number of rotatable bonds is 2. The number of benzene rings is 1. The van der Waals surface area contributed by atoms with E-state index in [2.05, 4.69) is 0 Å². The van der Waals surface area contributed by atoms with Crippen LogP contribution in [0.5, 0.6) is 0 Å². The molecule has 1 aromatic carbocycles. The van der Waals surface area contributed by atoms with Crippen LogP contribution < -0.4 is 5.43 Å². The van der Waals surface area contributed by atoms with E-state index in [9.17, 15) is 14.0 Å². The Hall–Kier alpha value is -1.88. The Morgan fingerprint density at radius 2 is 2.10 bits per heavy atom. The van der Waals surface area contributed by atoms with Gasteiger partial charge in [0, 0.05) is 17.1 Å². The zero-order valence-corrected chi connectivity index (χ0v) is 11.4. The van der Waals surface area contributed by atoms with E-state index in [1.54, 1.807) is 4.57 Å². The minimum Gasteiger partial charge on any atom is -0.477 e. The Labute approximate surface area is 118 Å². The first-order valence-electron chi connectivity index (χ1n) is 6.12. The number of nitrogens with zero attached hydrogens (tertiary/aromatic N) is 1. The third-order valence-electron chi connectivity index (χ3n) is 3.83. The summed E-state index contributed by atoms with van der Waals surface area (Å²) < 4.78 is 15.3. The van der Waals surface area contributed by atoms with Gasteiger partial charge in [-0.25, -0.2) is 9.18 Å². The van der Waals surface area contributed by atoms with Gasteiger partial charge in [0.2, 0.25) is 5.43 Å². The highest BCUT2D eigenvalue weighted by atomic mass is 35.5. The number of aromatic nitrogens is 1. The van der Waals surface area contributed by atoms with E-state index in [1.165, 1.54) is 18.3 Å². The molecule has 0 amide bonds. The van der Waals surface area contributed by atoms with E-state index in [4.69, 9.17) is 16.7 Å². The Morgan fingerprint density at radius 1 is 1.45 bits per heavy atom. The van der Waals surface area contributed by atoms with Crippen LogP contribution in [0.2, 0.25) is 5.02 Å². The van der Waals surface area contributed by atoms with Gasteiger partial charge >= 0.3 is 5.97 Å². The van der Waals surface area contributed by atoms with E-state index in [1.807, 2.05) is 6.92 Å². The van der Waals surface area contributed by atoms with E-state index in [0.717, 1.165) is 12.8 Å². The molecule has 0 saturated heterocycles. The van der Waals surface area contributed by atoms with Crippen molar-refractivity contribution in [1.82, 2.24) is 4.57 Å². The summed E-state index contributed by atoms with van der Waals surface area (Å²) in [5.41, 5.74) is -0.860. The van der Waals surface area contributed by atoms with Crippen LogP contribution in [0.3, 0.4) is 0 Å². The van der Waals surface area contributed by atoms with Gasteiger partial charge in [-0.15, -0.1) is 0 Å². The van der Waals surface area contributed by atoms with Crippen molar-refractivity contribution in [2.45, 2.75) is 25.3 Å². The van der Waals surface area contributed by atoms with Crippen LogP contribution in [0.25, 0.3) is 10.9 Å². The lowest BCUT2D eigenvalue weighted by Crippen LogP contribution is -2.23. The van der Waals surface area contributed by atoms with Gasteiger partial charge in [0.25, 0.3) is 0 Å². The highest BCUT2D eigenvalue weighted by molar-refractivity contribution is 6.31. The van der Waals surface area contributed by atoms with Gasteiger partial charge in [-0.05, 0) is 31.9 Å². The summed E-state index contributed by atoms with van der Waals surface area (Å²) in [6, 6.07) is 2.39. The number of hydrogen-bond acceptors (Lipinski definition) is 2. The predicted molar refractivity (Wildman–Crippen MR) is 73.0 cm³/mol. The lowest BCUT2D eigenvalue weighted by atomic mass is 10.1. The Kier molecular flexibility index (Phi) is 2.66. The lowest BCUT2D eigenvalue weighted by Gasteiger charge is -2.18. The van der Waals surface area contributed by atoms with Crippen molar-refractivity contribution >= 4 is 28.5 Å². The average molecular weight is 296 g/mol. The van der Waals surface area contributed by atoms with Gasteiger partial charge in [0.05, 0.1) is 10.5 Å². The fourth-order valence-corrected chi connectivity index (χ4v) is 2.50. The third-order valence-corrected chi connectivity index (χ3v) is 4.12. The molecule has 6 heteroatoms. The molecular formula is C14H11ClFNO3. The molecule has 1 aliphatic carbocycles. The second kappa shape index (κ2) is 4.06. The van der Waals surface area contributed by atoms with E-state index in [-0.39, 0.29) is 21.5 Å². The first kappa shape index (κ1) is 13.1. The number of aromatic carboxylic acids is 1. The summed E-state index contributed by atoms with van der Waals surface area (Å²) in [7, 11) is 0. The zero-order valence-electron chi connectivity index (χ0n) is 10.6. The Bertz CT molecular complexity index is 808. The van der Waals surface area contributed by atoms with Crippen molar-refractivity contribution < 1.29 is 14.3 Å². The largest absolute Gasteiger partial charge is 0.477 e. The quantitative estimate of drug-likeness (QED) is 0.926. The summed E-state index contributed by atoms with van der Waals surface area (Å²) in [4.78, 5) is 23.4. The normalized spacial score (nSPS) is 16.4. The maximum absolute atomic E-state index is 13.7. The molecule has 4 nitrogen and oxygen atoms in total. The highest BCUT2D eigenvalue weighted by Crippen LogP contribution is 2.44. The fourth-order valence-electron chi connectivity index (χ4n) is 2.34. The molecule has 0 radical (unpaired) electrons. The summed E-state index contributed by atoms with van der Waals surface area (Å²) in [6.45, 7) is 1.94. The smallest absolute Gasteiger partial charge is 0.341 e. The van der Waals surface area contributed by atoms with Crippen LogP contribution in [0.1, 0.15) is 30.1 Å². The standard InChI is InChI=1S/C14H11ClFNO3/c1-14(2-3-14)17-6-8(13(19)20)12(18)7-4-9(15)10(16)5-11(7)17/h4-6H,2-3H2,1H3,(H,19,20). The molecule has 1 aliphatic rings. The molecule has 0 aliphatic heterocycles. The zero-order chi connectivity index (χ0) is 14.7. The number of carbonyl (C=O) groups is 1. The second-order valence-corrected chi connectivity index (χ2v) is 5.73. The van der Waals surface area contributed by atoms with E-state index >= 15 is 0 Å². The molecule has 1 heterocycles. The van der Waals surface area contributed by atoms with Gasteiger partial charge < -0.3 is 9.67 Å². The van der Waals surface area contributed by atoms with Gasteiger partial charge in [0.15, 0.2) is 0 Å². The lowest BCUT2D eigenvalue weighted by molar-refractivity contribution is 0.0694. The molecule has 0 unspecified atom stereocenters. The maximum Gasteiger partial charge on any atom is 0.341 e. The monoisotopic (exact) mass is 295 g/mol. The summed E-state index contributed by atoms with van der Waals surface area (Å²) in [5.74, 6) is -1.92. The minimum atomic E-state index is -1.30. The molecule has 20 heavy (non-hydrogen) atoms. The SMILES string of the molecule is CC1(n2cc(C(=O)O)c(=O)c3cc(Cl)c(F)cc32)CC1. The topological polar surface area (TPSA) is 59.3 Å². The van der Waals surface area contributed by atoms with Crippen molar-refractivity contribution in [2.75, 3.05) is 0 Å². The molecule has 1 aromatic heterocycles. The predicted octanol–water partition coefficient (Wildman–Crippen LogP) is 3.00. The van der Waals surface area contributed by atoms with Crippen molar-refractivity contribution in [1.29, 1.82) is 0 Å². The summed E-state index contributed by atoms with van der Waals surface area (Å²) >= 11 is 5.70. The van der Waals surface area contributed by atoms with Gasteiger partial charge in [-0.1, -0.05) is 11.6 Å². The molecule has 2 aromatic rings. The van der Waals surface area contributed by atoms with E-state index < -0.39 is 17.2 Å². The van der Waals surface area contributed by atoms with Crippen molar-refractivity contribution in [3.05, 3.63) is 45.0 Å².